The van der Waals surface area contributed by atoms with Crippen LogP contribution in [-0.4, -0.2) is 60.9 Å². The summed E-state index contributed by atoms with van der Waals surface area (Å²) < 4.78 is 0. The van der Waals surface area contributed by atoms with Crippen molar-refractivity contribution in [2.75, 3.05) is 33.2 Å². The number of piperazine rings is 1. The van der Waals surface area contributed by atoms with Crippen molar-refractivity contribution in [3.8, 4) is 0 Å². The first-order valence-electron chi connectivity index (χ1n) is 5.79. The lowest BCUT2D eigenvalue weighted by Gasteiger charge is -2.32. The molecule has 0 saturated carbocycles. The second-order valence-electron chi connectivity index (χ2n) is 4.31. The number of nitrogens with zero attached hydrogens (tertiary/aromatic N) is 2. The van der Waals surface area contributed by atoms with Gasteiger partial charge in [0.1, 0.15) is 0 Å². The second-order valence-corrected chi connectivity index (χ2v) is 4.31. The number of hydrogen-bond acceptors (Lipinski definition) is 3. The average molecular weight is 227 g/mol. The van der Waals surface area contributed by atoms with Crippen LogP contribution in [0.5, 0.6) is 0 Å². The largest absolute Gasteiger partial charge is 0.335 e. The molecule has 0 bridgehead atoms. The van der Waals surface area contributed by atoms with E-state index >= 15 is 0 Å². The summed E-state index contributed by atoms with van der Waals surface area (Å²) in [5.41, 5.74) is 0. The van der Waals surface area contributed by atoms with Crippen LogP contribution in [0.1, 0.15) is 20.3 Å². The van der Waals surface area contributed by atoms with Gasteiger partial charge < -0.3 is 15.1 Å². The van der Waals surface area contributed by atoms with Crippen LogP contribution >= 0.6 is 0 Å². The van der Waals surface area contributed by atoms with E-state index in [1.807, 2.05) is 0 Å². The number of likely N-dealkylation sites (N-methyl/N-ethyl adjacent to an activating group) is 1. The first-order chi connectivity index (χ1) is 7.54. The molecule has 0 aromatic heterocycles. The van der Waals surface area contributed by atoms with Crippen LogP contribution in [0.4, 0.5) is 0 Å². The fraction of sp³-hybridized carbons (Fsp3) is 0.818. The van der Waals surface area contributed by atoms with Gasteiger partial charge in [0.2, 0.25) is 11.8 Å². The first kappa shape index (κ1) is 13.0. The van der Waals surface area contributed by atoms with Crippen LogP contribution in [0.15, 0.2) is 0 Å². The van der Waals surface area contributed by atoms with E-state index in [1.165, 1.54) is 4.90 Å². The quantitative estimate of drug-likeness (QED) is 0.700. The van der Waals surface area contributed by atoms with Gasteiger partial charge in [0.25, 0.3) is 0 Å². The average Bonchev–Trinajstić information content (AvgIpc) is 2.22. The van der Waals surface area contributed by atoms with E-state index in [2.05, 4.69) is 19.2 Å². The molecular formula is C11H21N3O2. The Morgan fingerprint density at radius 2 is 2.00 bits per heavy atom. The summed E-state index contributed by atoms with van der Waals surface area (Å²) in [7, 11) is 1.67. The number of amides is 2. The lowest BCUT2D eigenvalue weighted by atomic mass is 10.2. The molecule has 92 valence electrons. The minimum absolute atomic E-state index is 0.0238. The summed E-state index contributed by atoms with van der Waals surface area (Å²) >= 11 is 0. The van der Waals surface area contributed by atoms with E-state index in [1.54, 1.807) is 11.9 Å². The molecule has 5 heteroatoms. The van der Waals surface area contributed by atoms with E-state index in [9.17, 15) is 9.59 Å². The standard InChI is InChI=1S/C11H21N3O2/c1-4-12-9(2)5-6-14-8-10(15)13(3)7-11(14)16/h9,12H,4-8H2,1-3H3. The molecule has 1 heterocycles. The van der Waals surface area contributed by atoms with Gasteiger partial charge in [0, 0.05) is 19.6 Å². The SMILES string of the molecule is CCNC(C)CCN1CC(=O)N(C)CC1=O. The molecule has 2 amide bonds. The normalized spacial score (nSPS) is 19.2. The smallest absolute Gasteiger partial charge is 0.242 e. The molecule has 1 aliphatic heterocycles. The highest BCUT2D eigenvalue weighted by molar-refractivity contribution is 5.92. The van der Waals surface area contributed by atoms with Gasteiger partial charge in [-0.15, -0.1) is 0 Å². The zero-order valence-electron chi connectivity index (χ0n) is 10.3. The van der Waals surface area contributed by atoms with Crippen molar-refractivity contribution in [2.45, 2.75) is 26.3 Å². The third kappa shape index (κ3) is 3.48. The molecule has 0 spiro atoms. The third-order valence-electron chi connectivity index (χ3n) is 2.86. The highest BCUT2D eigenvalue weighted by atomic mass is 16.2. The number of rotatable bonds is 5. The molecular weight excluding hydrogens is 206 g/mol. The molecule has 1 rings (SSSR count). The van der Waals surface area contributed by atoms with Crippen molar-refractivity contribution in [3.05, 3.63) is 0 Å². The van der Waals surface area contributed by atoms with E-state index in [0.717, 1.165) is 13.0 Å². The Balaban J connectivity index is 2.36. The van der Waals surface area contributed by atoms with Crippen LogP contribution < -0.4 is 5.32 Å². The van der Waals surface area contributed by atoms with Gasteiger partial charge in [-0.25, -0.2) is 0 Å². The summed E-state index contributed by atoms with van der Waals surface area (Å²) in [6, 6.07) is 0.382. The molecule has 0 aliphatic carbocycles. The van der Waals surface area contributed by atoms with Gasteiger partial charge >= 0.3 is 0 Å². The molecule has 16 heavy (non-hydrogen) atoms. The number of carbonyl (C=O) groups is 2. The molecule has 1 fully saturated rings. The Morgan fingerprint density at radius 1 is 1.31 bits per heavy atom. The Morgan fingerprint density at radius 3 is 2.62 bits per heavy atom. The third-order valence-corrected chi connectivity index (χ3v) is 2.86. The topological polar surface area (TPSA) is 52.7 Å². The van der Waals surface area contributed by atoms with Crippen LogP contribution in [0.2, 0.25) is 0 Å². The molecule has 1 unspecified atom stereocenters. The lowest BCUT2D eigenvalue weighted by molar-refractivity contribution is -0.148. The van der Waals surface area contributed by atoms with Crippen LogP contribution in [0.3, 0.4) is 0 Å². The van der Waals surface area contributed by atoms with Crippen LogP contribution in [0.25, 0.3) is 0 Å². The van der Waals surface area contributed by atoms with Gasteiger partial charge in [-0.1, -0.05) is 6.92 Å². The van der Waals surface area contributed by atoms with Gasteiger partial charge in [-0.3, -0.25) is 9.59 Å². The van der Waals surface area contributed by atoms with Gasteiger partial charge in [0.15, 0.2) is 0 Å². The Hall–Kier alpha value is -1.10. The molecule has 5 nitrogen and oxygen atoms in total. The summed E-state index contributed by atoms with van der Waals surface area (Å²) in [5, 5.41) is 3.29. The zero-order valence-corrected chi connectivity index (χ0v) is 10.3. The van der Waals surface area contributed by atoms with E-state index < -0.39 is 0 Å². The minimum Gasteiger partial charge on any atom is -0.335 e. The summed E-state index contributed by atoms with van der Waals surface area (Å²) in [6.07, 6.45) is 0.885. The fourth-order valence-corrected chi connectivity index (χ4v) is 1.77. The number of hydrogen-bond donors (Lipinski definition) is 1. The lowest BCUT2D eigenvalue weighted by Crippen LogP contribution is -2.52. The maximum Gasteiger partial charge on any atom is 0.242 e. The summed E-state index contributed by atoms with van der Waals surface area (Å²) in [6.45, 7) is 6.18. The summed E-state index contributed by atoms with van der Waals surface area (Å²) in [5.74, 6) is 0.0708. The maximum absolute atomic E-state index is 11.6. The monoisotopic (exact) mass is 227 g/mol. The molecule has 0 aromatic rings. The van der Waals surface area contributed by atoms with E-state index in [4.69, 9.17) is 0 Å². The van der Waals surface area contributed by atoms with Crippen molar-refractivity contribution < 1.29 is 9.59 Å². The predicted molar refractivity (Wildman–Crippen MR) is 62.0 cm³/mol. The van der Waals surface area contributed by atoms with Crippen molar-refractivity contribution in [1.82, 2.24) is 15.1 Å². The zero-order chi connectivity index (χ0) is 12.1. The van der Waals surface area contributed by atoms with Crippen LogP contribution in [0, 0.1) is 0 Å². The Kier molecular flexibility index (Phi) is 4.73. The molecule has 1 aliphatic rings. The van der Waals surface area contributed by atoms with Gasteiger partial charge in [-0.2, -0.15) is 0 Å². The molecule has 1 N–H and O–H groups in total. The Labute approximate surface area is 96.8 Å². The summed E-state index contributed by atoms with van der Waals surface area (Å²) in [4.78, 5) is 26.2. The van der Waals surface area contributed by atoms with Crippen molar-refractivity contribution in [2.24, 2.45) is 0 Å². The molecule has 0 aromatic carbocycles. The van der Waals surface area contributed by atoms with Crippen molar-refractivity contribution in [3.63, 3.8) is 0 Å². The van der Waals surface area contributed by atoms with Gasteiger partial charge in [0.05, 0.1) is 13.1 Å². The number of carbonyl (C=O) groups excluding carboxylic acids is 2. The minimum atomic E-state index is 0.0238. The maximum atomic E-state index is 11.6. The second kappa shape index (κ2) is 5.84. The van der Waals surface area contributed by atoms with Crippen LogP contribution in [-0.2, 0) is 9.59 Å². The molecule has 1 saturated heterocycles. The van der Waals surface area contributed by atoms with Gasteiger partial charge in [-0.05, 0) is 19.9 Å². The Bertz CT molecular complexity index is 268. The molecule has 0 radical (unpaired) electrons. The van der Waals surface area contributed by atoms with Crippen molar-refractivity contribution in [1.29, 1.82) is 0 Å². The van der Waals surface area contributed by atoms with E-state index in [0.29, 0.717) is 12.6 Å². The van der Waals surface area contributed by atoms with Crippen molar-refractivity contribution >= 4 is 11.8 Å². The highest BCUT2D eigenvalue weighted by Gasteiger charge is 2.27. The highest BCUT2D eigenvalue weighted by Crippen LogP contribution is 2.04. The predicted octanol–water partition coefficient (Wildman–Crippen LogP) is -0.325. The molecule has 1 atom stereocenters. The first-order valence-corrected chi connectivity index (χ1v) is 5.79. The fourth-order valence-electron chi connectivity index (χ4n) is 1.77. The number of nitrogens with one attached hydrogen (secondary N) is 1. The van der Waals surface area contributed by atoms with E-state index in [-0.39, 0.29) is 24.9 Å².